The molecule has 2 aromatic rings. The molecule has 0 saturated carbocycles. The Morgan fingerprint density at radius 2 is 1.79 bits per heavy atom. The molecule has 1 aromatic carbocycles. The van der Waals surface area contributed by atoms with Gasteiger partial charge in [-0.2, -0.15) is 0 Å². The van der Waals surface area contributed by atoms with Gasteiger partial charge in [0.1, 0.15) is 11.4 Å². The van der Waals surface area contributed by atoms with Gasteiger partial charge in [-0.1, -0.05) is 44.7 Å². The molecule has 0 unspecified atom stereocenters. The minimum absolute atomic E-state index is 0.741. The maximum absolute atomic E-state index is 5.81. The SMILES string of the molecule is CCCCCCCOc1ccc(-c2onc(CNCC)c2C)cc1. The van der Waals surface area contributed by atoms with Gasteiger partial charge in [-0.3, -0.25) is 0 Å². The molecular formula is C20H30N2O2. The fourth-order valence-corrected chi connectivity index (χ4v) is 2.64. The number of unbranched alkanes of at least 4 members (excludes halogenated alkanes) is 4. The van der Waals surface area contributed by atoms with Gasteiger partial charge in [0.15, 0.2) is 5.76 Å². The molecule has 0 radical (unpaired) electrons. The van der Waals surface area contributed by atoms with E-state index >= 15 is 0 Å². The van der Waals surface area contributed by atoms with Gasteiger partial charge < -0.3 is 14.6 Å². The zero-order chi connectivity index (χ0) is 17.2. The summed E-state index contributed by atoms with van der Waals surface area (Å²) < 4.78 is 11.3. The number of benzene rings is 1. The van der Waals surface area contributed by atoms with Gasteiger partial charge in [0.2, 0.25) is 0 Å². The van der Waals surface area contributed by atoms with Crippen LogP contribution in [0.5, 0.6) is 5.75 Å². The van der Waals surface area contributed by atoms with Crippen LogP contribution >= 0.6 is 0 Å². The van der Waals surface area contributed by atoms with E-state index < -0.39 is 0 Å². The third kappa shape index (κ3) is 5.38. The van der Waals surface area contributed by atoms with Gasteiger partial charge in [-0.05, 0) is 44.2 Å². The monoisotopic (exact) mass is 330 g/mol. The van der Waals surface area contributed by atoms with Crippen molar-refractivity contribution in [2.24, 2.45) is 0 Å². The number of hydrogen-bond donors (Lipinski definition) is 1. The van der Waals surface area contributed by atoms with Crippen LogP contribution in [0, 0.1) is 6.92 Å². The number of nitrogens with zero attached hydrogens (tertiary/aromatic N) is 1. The lowest BCUT2D eigenvalue weighted by Crippen LogP contribution is -2.12. The summed E-state index contributed by atoms with van der Waals surface area (Å²) in [5.41, 5.74) is 3.11. The Morgan fingerprint density at radius 1 is 1.04 bits per heavy atom. The largest absolute Gasteiger partial charge is 0.494 e. The standard InChI is InChI=1S/C20H30N2O2/c1-4-6-7-8-9-14-23-18-12-10-17(11-13-18)20-16(3)19(22-24-20)15-21-5-2/h10-13,21H,4-9,14-15H2,1-3H3. The predicted octanol–water partition coefficient (Wildman–Crippen LogP) is 5.11. The molecule has 0 amide bonds. The summed E-state index contributed by atoms with van der Waals surface area (Å²) in [6.07, 6.45) is 6.27. The van der Waals surface area contributed by atoms with Gasteiger partial charge in [0.05, 0.1) is 6.61 Å². The minimum Gasteiger partial charge on any atom is -0.494 e. The zero-order valence-electron chi connectivity index (χ0n) is 15.2. The Labute approximate surface area is 145 Å². The second-order valence-corrected chi connectivity index (χ2v) is 6.15. The third-order valence-corrected chi connectivity index (χ3v) is 4.20. The van der Waals surface area contributed by atoms with Crippen molar-refractivity contribution in [2.45, 2.75) is 59.4 Å². The summed E-state index contributed by atoms with van der Waals surface area (Å²) in [6, 6.07) is 8.09. The minimum atomic E-state index is 0.741. The van der Waals surface area contributed by atoms with E-state index in [1.807, 2.05) is 24.3 Å². The molecule has 4 heteroatoms. The van der Waals surface area contributed by atoms with Crippen LogP contribution in [0.2, 0.25) is 0 Å². The molecule has 0 aliphatic rings. The highest BCUT2D eigenvalue weighted by Crippen LogP contribution is 2.27. The maximum Gasteiger partial charge on any atom is 0.170 e. The Bertz CT molecular complexity index is 590. The second kappa shape index (κ2) is 10.1. The van der Waals surface area contributed by atoms with Crippen LogP contribution in [0.25, 0.3) is 11.3 Å². The molecule has 4 nitrogen and oxygen atoms in total. The molecule has 0 aliphatic carbocycles. The third-order valence-electron chi connectivity index (χ3n) is 4.20. The van der Waals surface area contributed by atoms with Crippen LogP contribution in [0.15, 0.2) is 28.8 Å². The van der Waals surface area contributed by atoms with Crippen molar-refractivity contribution in [3.8, 4) is 17.1 Å². The van der Waals surface area contributed by atoms with Crippen molar-refractivity contribution < 1.29 is 9.26 Å². The predicted molar refractivity (Wildman–Crippen MR) is 98.3 cm³/mol. The lowest BCUT2D eigenvalue weighted by atomic mass is 10.1. The highest BCUT2D eigenvalue weighted by Gasteiger charge is 2.13. The van der Waals surface area contributed by atoms with Gasteiger partial charge in [-0.15, -0.1) is 0 Å². The molecule has 0 aliphatic heterocycles. The van der Waals surface area contributed by atoms with E-state index in [4.69, 9.17) is 9.26 Å². The molecule has 2 rings (SSSR count). The van der Waals surface area contributed by atoms with Crippen LogP contribution in [0.1, 0.15) is 57.2 Å². The number of ether oxygens (including phenoxy) is 1. The van der Waals surface area contributed by atoms with Crippen molar-refractivity contribution in [1.29, 1.82) is 0 Å². The molecule has 0 atom stereocenters. The molecule has 0 fully saturated rings. The molecule has 24 heavy (non-hydrogen) atoms. The van der Waals surface area contributed by atoms with E-state index in [0.717, 1.165) is 54.4 Å². The summed E-state index contributed by atoms with van der Waals surface area (Å²) in [7, 11) is 0. The average Bonchev–Trinajstić information content (AvgIpc) is 2.97. The van der Waals surface area contributed by atoms with Crippen LogP contribution in [0.4, 0.5) is 0 Å². The van der Waals surface area contributed by atoms with Crippen molar-refractivity contribution in [1.82, 2.24) is 10.5 Å². The summed E-state index contributed by atoms with van der Waals surface area (Å²) in [6.45, 7) is 8.82. The maximum atomic E-state index is 5.81. The van der Waals surface area contributed by atoms with Crippen molar-refractivity contribution >= 4 is 0 Å². The quantitative estimate of drug-likeness (QED) is 0.582. The van der Waals surface area contributed by atoms with E-state index in [2.05, 4.69) is 31.2 Å². The van der Waals surface area contributed by atoms with E-state index in [1.165, 1.54) is 25.7 Å². The normalized spacial score (nSPS) is 11.0. The van der Waals surface area contributed by atoms with Crippen LogP contribution in [-0.2, 0) is 6.54 Å². The van der Waals surface area contributed by atoms with Crippen molar-refractivity contribution in [3.63, 3.8) is 0 Å². The van der Waals surface area contributed by atoms with Crippen LogP contribution < -0.4 is 10.1 Å². The Balaban J connectivity index is 1.86. The average molecular weight is 330 g/mol. The molecule has 0 spiro atoms. The van der Waals surface area contributed by atoms with E-state index in [9.17, 15) is 0 Å². The Hall–Kier alpha value is -1.81. The van der Waals surface area contributed by atoms with Gasteiger partial charge >= 0.3 is 0 Å². The first-order valence-corrected chi connectivity index (χ1v) is 9.15. The topological polar surface area (TPSA) is 47.3 Å². The lowest BCUT2D eigenvalue weighted by Gasteiger charge is -2.06. The molecule has 1 N–H and O–H groups in total. The van der Waals surface area contributed by atoms with E-state index in [-0.39, 0.29) is 0 Å². The summed E-state index contributed by atoms with van der Waals surface area (Å²) >= 11 is 0. The van der Waals surface area contributed by atoms with E-state index in [1.54, 1.807) is 0 Å². The number of rotatable bonds is 11. The fraction of sp³-hybridized carbons (Fsp3) is 0.550. The summed E-state index contributed by atoms with van der Waals surface area (Å²) in [5, 5.41) is 7.45. The molecule has 1 heterocycles. The summed E-state index contributed by atoms with van der Waals surface area (Å²) in [4.78, 5) is 0. The first-order chi connectivity index (χ1) is 11.8. The van der Waals surface area contributed by atoms with Crippen LogP contribution in [0.3, 0.4) is 0 Å². The van der Waals surface area contributed by atoms with E-state index in [0.29, 0.717) is 0 Å². The lowest BCUT2D eigenvalue weighted by molar-refractivity contribution is 0.304. The first-order valence-electron chi connectivity index (χ1n) is 9.15. The fourth-order valence-electron chi connectivity index (χ4n) is 2.64. The highest BCUT2D eigenvalue weighted by atomic mass is 16.5. The molecular weight excluding hydrogens is 300 g/mol. The van der Waals surface area contributed by atoms with Crippen molar-refractivity contribution in [3.05, 3.63) is 35.5 Å². The Morgan fingerprint density at radius 3 is 2.50 bits per heavy atom. The zero-order valence-corrected chi connectivity index (χ0v) is 15.2. The molecule has 132 valence electrons. The molecule has 0 saturated heterocycles. The highest BCUT2D eigenvalue weighted by molar-refractivity contribution is 5.62. The molecule has 1 aromatic heterocycles. The summed E-state index contributed by atoms with van der Waals surface area (Å²) in [5.74, 6) is 1.76. The number of aromatic nitrogens is 1. The second-order valence-electron chi connectivity index (χ2n) is 6.15. The first kappa shape index (κ1) is 18.5. The van der Waals surface area contributed by atoms with Gasteiger partial charge in [0, 0.05) is 17.7 Å². The molecule has 0 bridgehead atoms. The van der Waals surface area contributed by atoms with Gasteiger partial charge in [-0.25, -0.2) is 0 Å². The number of nitrogens with one attached hydrogen (secondary N) is 1. The Kier molecular flexibility index (Phi) is 7.83. The van der Waals surface area contributed by atoms with Crippen LogP contribution in [-0.4, -0.2) is 18.3 Å². The van der Waals surface area contributed by atoms with Gasteiger partial charge in [0.25, 0.3) is 0 Å². The smallest absolute Gasteiger partial charge is 0.170 e. The number of hydrogen-bond acceptors (Lipinski definition) is 4. The van der Waals surface area contributed by atoms with Crippen molar-refractivity contribution in [2.75, 3.05) is 13.2 Å².